The summed E-state index contributed by atoms with van der Waals surface area (Å²) < 4.78 is 5.52. The molecule has 8 heteroatoms. The molecule has 1 N–H and O–H groups in total. The minimum absolute atomic E-state index is 0. The summed E-state index contributed by atoms with van der Waals surface area (Å²) in [4.78, 5) is 20.8. The Labute approximate surface area is 143 Å². The van der Waals surface area contributed by atoms with E-state index in [0.29, 0.717) is 13.2 Å². The van der Waals surface area contributed by atoms with Gasteiger partial charge in [0.1, 0.15) is 11.9 Å². The van der Waals surface area contributed by atoms with E-state index in [4.69, 9.17) is 4.74 Å². The second kappa shape index (κ2) is 9.15. The summed E-state index contributed by atoms with van der Waals surface area (Å²) in [6.45, 7) is 5.18. The monoisotopic (exact) mass is 348 g/mol. The van der Waals surface area contributed by atoms with Gasteiger partial charge in [-0.2, -0.15) is 0 Å². The number of pyridine rings is 1. The Hall–Kier alpha value is -1.08. The predicted molar refractivity (Wildman–Crippen MR) is 90.1 cm³/mol. The fourth-order valence-corrected chi connectivity index (χ4v) is 2.62. The van der Waals surface area contributed by atoms with Crippen molar-refractivity contribution in [2.45, 2.75) is 6.10 Å². The number of nitrogens with zero attached hydrogens (tertiary/aromatic N) is 3. The standard InChI is InChI=1S/C14H20N4O2.2ClH/c19-14(12-11-15-5-10-20-12)18-8-6-17(7-9-18)13-3-1-2-4-16-13;;/h1-4,12,15H,5-11H2;2*1H. The molecule has 124 valence electrons. The van der Waals surface area contributed by atoms with E-state index in [9.17, 15) is 4.79 Å². The molecular formula is C14H22Cl2N4O2. The number of ether oxygens (including phenoxy) is 1. The molecule has 6 nitrogen and oxygen atoms in total. The lowest BCUT2D eigenvalue weighted by Gasteiger charge is -2.37. The molecule has 2 aliphatic heterocycles. The summed E-state index contributed by atoms with van der Waals surface area (Å²) in [5.41, 5.74) is 0. The third-order valence-corrected chi connectivity index (χ3v) is 3.77. The normalized spacial score (nSPS) is 21.5. The molecule has 1 aromatic rings. The number of nitrogens with one attached hydrogen (secondary N) is 1. The zero-order chi connectivity index (χ0) is 13.8. The Kier molecular flexibility index (Phi) is 7.89. The van der Waals surface area contributed by atoms with Gasteiger partial charge in [-0.25, -0.2) is 4.98 Å². The molecular weight excluding hydrogens is 327 g/mol. The molecule has 1 atom stereocenters. The van der Waals surface area contributed by atoms with Crippen LogP contribution < -0.4 is 10.2 Å². The van der Waals surface area contributed by atoms with Gasteiger partial charge in [-0.15, -0.1) is 24.8 Å². The first kappa shape index (κ1) is 19.0. The van der Waals surface area contributed by atoms with Crippen molar-refractivity contribution >= 4 is 36.5 Å². The van der Waals surface area contributed by atoms with Crippen molar-refractivity contribution in [2.75, 3.05) is 50.8 Å². The maximum Gasteiger partial charge on any atom is 0.253 e. The average molecular weight is 349 g/mol. The van der Waals surface area contributed by atoms with Gasteiger partial charge in [0.05, 0.1) is 6.61 Å². The van der Waals surface area contributed by atoms with Crippen LogP contribution in [0.5, 0.6) is 0 Å². The van der Waals surface area contributed by atoms with Crippen LogP contribution in [0.3, 0.4) is 0 Å². The van der Waals surface area contributed by atoms with Crippen molar-refractivity contribution in [3.8, 4) is 0 Å². The van der Waals surface area contributed by atoms with Crippen LogP contribution in [0, 0.1) is 0 Å². The highest BCUT2D eigenvalue weighted by atomic mass is 35.5. The topological polar surface area (TPSA) is 57.7 Å². The Bertz CT molecular complexity index is 449. The first-order chi connectivity index (χ1) is 9.84. The first-order valence-electron chi connectivity index (χ1n) is 7.12. The number of aromatic nitrogens is 1. The fraction of sp³-hybridized carbons (Fsp3) is 0.571. The van der Waals surface area contributed by atoms with Gasteiger partial charge in [0.2, 0.25) is 0 Å². The maximum absolute atomic E-state index is 12.3. The van der Waals surface area contributed by atoms with Gasteiger partial charge in [-0.05, 0) is 12.1 Å². The van der Waals surface area contributed by atoms with E-state index < -0.39 is 0 Å². The molecule has 3 rings (SSSR count). The van der Waals surface area contributed by atoms with Crippen LogP contribution in [0.1, 0.15) is 0 Å². The van der Waals surface area contributed by atoms with E-state index in [1.807, 2.05) is 23.1 Å². The molecule has 2 aliphatic rings. The fourth-order valence-electron chi connectivity index (χ4n) is 2.62. The Morgan fingerprint density at radius 2 is 2.00 bits per heavy atom. The zero-order valence-corrected chi connectivity index (χ0v) is 13.9. The van der Waals surface area contributed by atoms with Gasteiger partial charge in [0, 0.05) is 45.5 Å². The summed E-state index contributed by atoms with van der Waals surface area (Å²) in [5, 5.41) is 3.20. The van der Waals surface area contributed by atoms with E-state index in [1.54, 1.807) is 6.20 Å². The number of hydrogen-bond donors (Lipinski definition) is 1. The van der Waals surface area contributed by atoms with Crippen LogP contribution in [0.15, 0.2) is 24.4 Å². The highest BCUT2D eigenvalue weighted by Crippen LogP contribution is 2.13. The Morgan fingerprint density at radius 3 is 2.59 bits per heavy atom. The number of carbonyl (C=O) groups excluding carboxylic acids is 1. The van der Waals surface area contributed by atoms with Crippen molar-refractivity contribution in [3.63, 3.8) is 0 Å². The molecule has 22 heavy (non-hydrogen) atoms. The van der Waals surface area contributed by atoms with Crippen LogP contribution in [0.4, 0.5) is 5.82 Å². The molecule has 0 bridgehead atoms. The predicted octanol–water partition coefficient (Wildman–Crippen LogP) is 0.562. The molecule has 1 amide bonds. The Balaban J connectivity index is 0.00000121. The van der Waals surface area contributed by atoms with Crippen LogP contribution >= 0.6 is 24.8 Å². The molecule has 0 saturated carbocycles. The molecule has 3 heterocycles. The van der Waals surface area contributed by atoms with Crippen molar-refractivity contribution in [2.24, 2.45) is 0 Å². The third-order valence-electron chi connectivity index (χ3n) is 3.77. The van der Waals surface area contributed by atoms with E-state index in [2.05, 4.69) is 15.2 Å². The van der Waals surface area contributed by atoms with Crippen molar-refractivity contribution in [1.82, 2.24) is 15.2 Å². The quantitative estimate of drug-likeness (QED) is 0.846. The number of piperazine rings is 1. The van der Waals surface area contributed by atoms with E-state index in [1.165, 1.54) is 0 Å². The molecule has 1 unspecified atom stereocenters. The first-order valence-corrected chi connectivity index (χ1v) is 7.12. The number of amides is 1. The van der Waals surface area contributed by atoms with Gasteiger partial charge in [-0.1, -0.05) is 6.07 Å². The second-order valence-corrected chi connectivity index (χ2v) is 5.06. The highest BCUT2D eigenvalue weighted by Gasteiger charge is 2.29. The average Bonchev–Trinajstić information content (AvgIpc) is 2.56. The highest BCUT2D eigenvalue weighted by molar-refractivity contribution is 5.85. The number of hydrogen-bond acceptors (Lipinski definition) is 5. The largest absolute Gasteiger partial charge is 0.366 e. The van der Waals surface area contributed by atoms with Gasteiger partial charge in [0.25, 0.3) is 5.91 Å². The maximum atomic E-state index is 12.3. The van der Waals surface area contributed by atoms with Gasteiger partial charge >= 0.3 is 0 Å². The lowest BCUT2D eigenvalue weighted by atomic mass is 10.2. The van der Waals surface area contributed by atoms with Crippen LogP contribution in [-0.2, 0) is 9.53 Å². The van der Waals surface area contributed by atoms with E-state index in [-0.39, 0.29) is 36.8 Å². The molecule has 0 spiro atoms. The molecule has 1 aromatic heterocycles. The second-order valence-electron chi connectivity index (χ2n) is 5.06. The van der Waals surface area contributed by atoms with Crippen molar-refractivity contribution in [1.29, 1.82) is 0 Å². The minimum Gasteiger partial charge on any atom is -0.366 e. The van der Waals surface area contributed by atoms with E-state index in [0.717, 1.165) is 38.5 Å². The molecule has 0 aromatic carbocycles. The Morgan fingerprint density at radius 1 is 1.23 bits per heavy atom. The van der Waals surface area contributed by atoms with Crippen molar-refractivity contribution < 1.29 is 9.53 Å². The van der Waals surface area contributed by atoms with Crippen LogP contribution in [-0.4, -0.2) is 67.8 Å². The van der Waals surface area contributed by atoms with Gasteiger partial charge in [0.15, 0.2) is 0 Å². The number of morpholine rings is 1. The number of rotatable bonds is 2. The summed E-state index contributed by atoms with van der Waals surface area (Å²) in [6.07, 6.45) is 1.49. The summed E-state index contributed by atoms with van der Waals surface area (Å²) >= 11 is 0. The summed E-state index contributed by atoms with van der Waals surface area (Å²) in [5.74, 6) is 1.09. The minimum atomic E-state index is -0.315. The van der Waals surface area contributed by atoms with Gasteiger partial charge < -0.3 is 19.9 Å². The van der Waals surface area contributed by atoms with E-state index >= 15 is 0 Å². The summed E-state index contributed by atoms with van der Waals surface area (Å²) in [7, 11) is 0. The smallest absolute Gasteiger partial charge is 0.253 e. The SMILES string of the molecule is Cl.Cl.O=C(C1CNCCO1)N1CCN(c2ccccn2)CC1. The van der Waals surface area contributed by atoms with Gasteiger partial charge in [-0.3, -0.25) is 4.79 Å². The zero-order valence-electron chi connectivity index (χ0n) is 12.3. The lowest BCUT2D eigenvalue weighted by molar-refractivity contribution is -0.145. The molecule has 2 fully saturated rings. The number of halogens is 2. The van der Waals surface area contributed by atoms with Crippen LogP contribution in [0.25, 0.3) is 0 Å². The van der Waals surface area contributed by atoms with Crippen molar-refractivity contribution in [3.05, 3.63) is 24.4 Å². The number of anilines is 1. The molecule has 2 saturated heterocycles. The summed E-state index contributed by atoms with van der Waals surface area (Å²) in [6, 6.07) is 5.91. The van der Waals surface area contributed by atoms with Crippen LogP contribution in [0.2, 0.25) is 0 Å². The molecule has 0 radical (unpaired) electrons. The third kappa shape index (κ3) is 4.46. The molecule has 0 aliphatic carbocycles. The number of carbonyl (C=O) groups is 1. The lowest BCUT2D eigenvalue weighted by Crippen LogP contribution is -2.55.